The molecule has 0 radical (unpaired) electrons. The first kappa shape index (κ1) is 15.2. The molecule has 0 spiro atoms. The molecule has 0 fully saturated rings. The van der Waals surface area contributed by atoms with E-state index in [-0.39, 0.29) is 11.9 Å². The number of anilines is 2. The summed E-state index contributed by atoms with van der Waals surface area (Å²) in [6.45, 7) is 9.23. The van der Waals surface area contributed by atoms with Crippen LogP contribution in [-0.2, 0) is 4.79 Å². The third-order valence-electron chi connectivity index (χ3n) is 2.72. The van der Waals surface area contributed by atoms with Gasteiger partial charge in [-0.2, -0.15) is 0 Å². The molecule has 6 heteroatoms. The Morgan fingerprint density at radius 3 is 2.63 bits per heavy atom. The molecule has 0 saturated heterocycles. The van der Waals surface area contributed by atoms with Crippen LogP contribution in [0.3, 0.4) is 0 Å². The molecule has 1 aromatic heterocycles. The number of hydrogen-bond acceptors (Lipinski definition) is 5. The van der Waals surface area contributed by atoms with Gasteiger partial charge in [0.15, 0.2) is 0 Å². The fourth-order valence-corrected chi connectivity index (χ4v) is 1.62. The van der Waals surface area contributed by atoms with E-state index in [9.17, 15) is 4.79 Å². The Bertz CT molecular complexity index is 421. The average molecular weight is 265 g/mol. The van der Waals surface area contributed by atoms with Gasteiger partial charge in [-0.15, -0.1) is 0 Å². The van der Waals surface area contributed by atoms with Crippen molar-refractivity contribution < 1.29 is 4.79 Å². The number of nitrogens with one attached hydrogen (secondary N) is 3. The van der Waals surface area contributed by atoms with Crippen LogP contribution in [0.5, 0.6) is 0 Å². The minimum absolute atomic E-state index is 0.0384. The summed E-state index contributed by atoms with van der Waals surface area (Å²) in [6, 6.07) is -0.326. The fraction of sp³-hybridized carbons (Fsp3) is 0.615. The maximum Gasteiger partial charge on any atom is 0.242 e. The van der Waals surface area contributed by atoms with Crippen LogP contribution in [0.15, 0.2) is 6.33 Å². The highest BCUT2D eigenvalue weighted by Gasteiger charge is 2.14. The zero-order valence-electron chi connectivity index (χ0n) is 12.1. The number of carbonyl (C=O) groups excluding carboxylic acids is 1. The molecular formula is C13H23N5O. The van der Waals surface area contributed by atoms with E-state index < -0.39 is 0 Å². The Balaban J connectivity index is 2.75. The first-order chi connectivity index (χ1) is 9.10. The normalized spacial score (nSPS) is 11.8. The quantitative estimate of drug-likeness (QED) is 0.697. The molecule has 0 saturated carbocycles. The van der Waals surface area contributed by atoms with Gasteiger partial charge in [-0.25, -0.2) is 9.97 Å². The Hall–Kier alpha value is -1.85. The third-order valence-corrected chi connectivity index (χ3v) is 2.72. The van der Waals surface area contributed by atoms with E-state index in [1.165, 1.54) is 6.33 Å². The number of hydrogen-bond donors (Lipinski definition) is 3. The van der Waals surface area contributed by atoms with Crippen LogP contribution < -0.4 is 16.0 Å². The van der Waals surface area contributed by atoms with Gasteiger partial charge in [-0.3, -0.25) is 4.79 Å². The molecule has 0 bridgehead atoms. The van der Waals surface area contributed by atoms with Gasteiger partial charge in [0.25, 0.3) is 0 Å². The Kier molecular flexibility index (Phi) is 6.05. The molecule has 1 aromatic rings. The largest absolute Gasteiger partial charge is 0.370 e. The first-order valence-electron chi connectivity index (χ1n) is 6.69. The molecule has 1 unspecified atom stereocenters. The zero-order valence-corrected chi connectivity index (χ0v) is 12.1. The SMILES string of the molecule is CCCNc1ncnc(NC(C)C(=O)NCC)c1C. The van der Waals surface area contributed by atoms with Gasteiger partial charge in [0, 0.05) is 18.7 Å². The maximum absolute atomic E-state index is 11.7. The van der Waals surface area contributed by atoms with Crippen molar-refractivity contribution in [1.29, 1.82) is 0 Å². The molecular weight excluding hydrogens is 242 g/mol. The summed E-state index contributed by atoms with van der Waals surface area (Å²) < 4.78 is 0. The standard InChI is InChI=1S/C13H23N5O/c1-5-7-15-11-9(3)12(17-8-16-11)18-10(4)13(19)14-6-2/h8,10H,5-7H2,1-4H3,(H,14,19)(H2,15,16,17,18). The van der Waals surface area contributed by atoms with Crippen molar-refractivity contribution in [3.63, 3.8) is 0 Å². The fourth-order valence-electron chi connectivity index (χ4n) is 1.62. The van der Waals surface area contributed by atoms with Crippen molar-refractivity contribution in [2.75, 3.05) is 23.7 Å². The first-order valence-corrected chi connectivity index (χ1v) is 6.69. The van der Waals surface area contributed by atoms with E-state index in [0.717, 1.165) is 24.3 Å². The summed E-state index contributed by atoms with van der Waals surface area (Å²) >= 11 is 0. The molecule has 0 aliphatic heterocycles. The van der Waals surface area contributed by atoms with Crippen molar-refractivity contribution in [2.24, 2.45) is 0 Å². The molecule has 1 amide bonds. The van der Waals surface area contributed by atoms with Gasteiger partial charge in [0.1, 0.15) is 24.0 Å². The molecule has 1 atom stereocenters. The predicted molar refractivity (Wildman–Crippen MR) is 77.3 cm³/mol. The van der Waals surface area contributed by atoms with E-state index in [0.29, 0.717) is 12.4 Å². The van der Waals surface area contributed by atoms with E-state index in [1.54, 1.807) is 0 Å². The van der Waals surface area contributed by atoms with Crippen molar-refractivity contribution in [3.8, 4) is 0 Å². The van der Waals surface area contributed by atoms with Crippen LogP contribution in [0.1, 0.15) is 32.8 Å². The van der Waals surface area contributed by atoms with Gasteiger partial charge >= 0.3 is 0 Å². The monoisotopic (exact) mass is 265 g/mol. The Morgan fingerprint density at radius 1 is 1.32 bits per heavy atom. The van der Waals surface area contributed by atoms with Crippen LogP contribution >= 0.6 is 0 Å². The molecule has 0 aliphatic carbocycles. The van der Waals surface area contributed by atoms with E-state index >= 15 is 0 Å². The molecule has 106 valence electrons. The summed E-state index contributed by atoms with van der Waals surface area (Å²) in [7, 11) is 0. The van der Waals surface area contributed by atoms with Gasteiger partial charge in [0.05, 0.1) is 0 Å². The minimum atomic E-state index is -0.326. The van der Waals surface area contributed by atoms with E-state index in [4.69, 9.17) is 0 Å². The van der Waals surface area contributed by atoms with E-state index in [2.05, 4.69) is 32.8 Å². The summed E-state index contributed by atoms with van der Waals surface area (Å²) in [4.78, 5) is 20.1. The number of aromatic nitrogens is 2. The molecule has 6 nitrogen and oxygen atoms in total. The second-order valence-electron chi connectivity index (χ2n) is 4.38. The van der Waals surface area contributed by atoms with Crippen molar-refractivity contribution in [1.82, 2.24) is 15.3 Å². The molecule has 0 aliphatic rings. The van der Waals surface area contributed by atoms with Gasteiger partial charge in [-0.1, -0.05) is 6.92 Å². The summed E-state index contributed by atoms with van der Waals surface area (Å²) in [5, 5.41) is 9.12. The highest BCUT2D eigenvalue weighted by molar-refractivity contribution is 5.84. The van der Waals surface area contributed by atoms with Crippen LogP contribution in [-0.4, -0.2) is 35.0 Å². The van der Waals surface area contributed by atoms with Crippen molar-refractivity contribution in [2.45, 2.75) is 40.2 Å². The lowest BCUT2D eigenvalue weighted by atomic mass is 10.2. The summed E-state index contributed by atoms with van der Waals surface area (Å²) in [5.41, 5.74) is 0.923. The molecule has 1 heterocycles. The van der Waals surface area contributed by atoms with Crippen LogP contribution in [0.2, 0.25) is 0 Å². The van der Waals surface area contributed by atoms with Crippen LogP contribution in [0, 0.1) is 6.92 Å². The Labute approximate surface area is 114 Å². The molecule has 19 heavy (non-hydrogen) atoms. The lowest BCUT2D eigenvalue weighted by molar-refractivity contribution is -0.121. The van der Waals surface area contributed by atoms with E-state index in [1.807, 2.05) is 20.8 Å². The number of likely N-dealkylation sites (N-methyl/N-ethyl adjacent to an activating group) is 1. The van der Waals surface area contributed by atoms with Crippen molar-refractivity contribution >= 4 is 17.5 Å². The lowest BCUT2D eigenvalue weighted by Crippen LogP contribution is -2.37. The highest BCUT2D eigenvalue weighted by atomic mass is 16.2. The molecule has 1 rings (SSSR count). The average Bonchev–Trinajstić information content (AvgIpc) is 2.40. The number of rotatable bonds is 7. The summed E-state index contributed by atoms with van der Waals surface area (Å²) in [6.07, 6.45) is 2.53. The maximum atomic E-state index is 11.7. The number of carbonyl (C=O) groups is 1. The topological polar surface area (TPSA) is 78.9 Å². The molecule has 0 aromatic carbocycles. The van der Waals surface area contributed by atoms with Gasteiger partial charge in [0.2, 0.25) is 5.91 Å². The lowest BCUT2D eigenvalue weighted by Gasteiger charge is -2.16. The predicted octanol–water partition coefficient (Wildman–Crippen LogP) is 1.54. The summed E-state index contributed by atoms with van der Waals surface area (Å²) in [5.74, 6) is 1.46. The third kappa shape index (κ3) is 4.39. The Morgan fingerprint density at radius 2 is 2.00 bits per heavy atom. The number of nitrogens with zero attached hydrogens (tertiary/aromatic N) is 2. The second kappa shape index (κ2) is 7.56. The van der Waals surface area contributed by atoms with Crippen molar-refractivity contribution in [3.05, 3.63) is 11.9 Å². The molecule has 3 N–H and O–H groups in total. The van der Waals surface area contributed by atoms with Gasteiger partial charge in [-0.05, 0) is 27.2 Å². The van der Waals surface area contributed by atoms with Crippen LogP contribution in [0.4, 0.5) is 11.6 Å². The van der Waals surface area contributed by atoms with Crippen LogP contribution in [0.25, 0.3) is 0 Å². The van der Waals surface area contributed by atoms with Gasteiger partial charge < -0.3 is 16.0 Å². The smallest absolute Gasteiger partial charge is 0.242 e. The minimum Gasteiger partial charge on any atom is -0.370 e. The number of amides is 1. The second-order valence-corrected chi connectivity index (χ2v) is 4.38. The zero-order chi connectivity index (χ0) is 14.3. The highest BCUT2D eigenvalue weighted by Crippen LogP contribution is 2.18.